The summed E-state index contributed by atoms with van der Waals surface area (Å²) >= 11 is 15.5. The first-order chi connectivity index (χ1) is 19.0. The lowest BCUT2D eigenvalue weighted by Crippen LogP contribution is -2.14. The van der Waals surface area contributed by atoms with Crippen LogP contribution in [0, 0.1) is 0 Å². The summed E-state index contributed by atoms with van der Waals surface area (Å²) in [6.07, 6.45) is 5.83. The molecular formula is C28H28Cl2N6OS2. The first-order valence-electron chi connectivity index (χ1n) is 13.0. The van der Waals surface area contributed by atoms with E-state index in [1.807, 2.05) is 42.5 Å². The maximum Gasteiger partial charge on any atom is 0.231 e. The third-order valence-electron chi connectivity index (χ3n) is 6.81. The highest BCUT2D eigenvalue weighted by molar-refractivity contribution is 7.15. The highest BCUT2D eigenvalue weighted by Gasteiger charge is 2.29. The van der Waals surface area contributed by atoms with E-state index in [0.717, 1.165) is 64.0 Å². The van der Waals surface area contributed by atoms with Crippen molar-refractivity contribution in [3.63, 3.8) is 0 Å². The van der Waals surface area contributed by atoms with Crippen molar-refractivity contribution >= 4 is 67.8 Å². The van der Waals surface area contributed by atoms with E-state index in [9.17, 15) is 4.79 Å². The standard InChI is InChI=1S/C28H28Cl2N6OS2/c1-2-21(15-17-8-3-5-12-22(17)29)31-27-35-33-25(38-27)19-10-7-11-20(14-19)26-34-36-28(39-26)32-24(37)16-18-9-4-6-13-23(18)30/h3-6,8-9,12-13,19-20H,2,7,10-11,14-16H2,1H3,(H,32,36,37). The first-order valence-corrected chi connectivity index (χ1v) is 15.4. The van der Waals surface area contributed by atoms with Gasteiger partial charge < -0.3 is 5.32 Å². The number of hydrogen-bond donors (Lipinski definition) is 1. The predicted octanol–water partition coefficient (Wildman–Crippen LogP) is 8.04. The zero-order valence-corrected chi connectivity index (χ0v) is 24.6. The largest absolute Gasteiger partial charge is 0.300 e. The predicted molar refractivity (Wildman–Crippen MR) is 160 cm³/mol. The number of anilines is 1. The molecule has 2 aromatic carbocycles. The number of aliphatic imine (C=N–C) groups is 1. The van der Waals surface area contributed by atoms with Gasteiger partial charge >= 0.3 is 0 Å². The van der Waals surface area contributed by atoms with Crippen LogP contribution in [0.2, 0.25) is 10.0 Å². The van der Waals surface area contributed by atoms with Crippen LogP contribution in [-0.2, 0) is 17.6 Å². The number of carbonyl (C=O) groups is 1. The summed E-state index contributed by atoms with van der Waals surface area (Å²) in [5.41, 5.74) is 2.88. The molecule has 11 heteroatoms. The van der Waals surface area contributed by atoms with Gasteiger partial charge in [0.05, 0.1) is 6.42 Å². The molecule has 1 aliphatic rings. The molecular weight excluding hydrogens is 571 g/mol. The molecule has 5 rings (SSSR count). The molecule has 2 aromatic heterocycles. The topological polar surface area (TPSA) is 93.0 Å². The number of rotatable bonds is 9. The zero-order valence-electron chi connectivity index (χ0n) is 21.4. The highest BCUT2D eigenvalue weighted by atomic mass is 35.5. The van der Waals surface area contributed by atoms with Crippen LogP contribution in [0.5, 0.6) is 0 Å². The van der Waals surface area contributed by atoms with Crippen LogP contribution in [0.15, 0.2) is 53.5 Å². The minimum Gasteiger partial charge on any atom is -0.300 e. The fourth-order valence-corrected chi connectivity index (χ4v) is 6.96. The molecule has 2 heterocycles. The summed E-state index contributed by atoms with van der Waals surface area (Å²) in [4.78, 5) is 17.3. The third kappa shape index (κ3) is 7.28. The summed E-state index contributed by atoms with van der Waals surface area (Å²) in [5, 5.41) is 24.9. The Morgan fingerprint density at radius 3 is 2.18 bits per heavy atom. The Labute approximate surface area is 245 Å². The molecule has 2 atom stereocenters. The van der Waals surface area contributed by atoms with E-state index >= 15 is 0 Å². The molecule has 202 valence electrons. The number of carbonyl (C=O) groups excluding carboxylic acids is 1. The molecule has 7 nitrogen and oxygen atoms in total. The maximum atomic E-state index is 12.5. The summed E-state index contributed by atoms with van der Waals surface area (Å²) in [7, 11) is 0. The van der Waals surface area contributed by atoms with E-state index in [1.165, 1.54) is 11.3 Å². The van der Waals surface area contributed by atoms with Gasteiger partial charge in [-0.05, 0) is 48.9 Å². The van der Waals surface area contributed by atoms with Gasteiger partial charge in [0.1, 0.15) is 10.0 Å². The molecule has 1 saturated carbocycles. The van der Waals surface area contributed by atoms with Crippen molar-refractivity contribution in [2.45, 2.75) is 63.7 Å². The average Bonchev–Trinajstić information content (AvgIpc) is 3.61. The third-order valence-corrected chi connectivity index (χ3v) is 9.53. The van der Waals surface area contributed by atoms with Gasteiger partial charge in [-0.1, -0.05) is 95.6 Å². The number of nitrogens with zero attached hydrogens (tertiary/aromatic N) is 5. The summed E-state index contributed by atoms with van der Waals surface area (Å²) in [6, 6.07) is 15.2. The van der Waals surface area contributed by atoms with E-state index in [-0.39, 0.29) is 18.2 Å². The molecule has 4 aromatic rings. The number of amides is 1. The number of hydrogen-bond acceptors (Lipinski definition) is 8. The second kappa shape index (κ2) is 13.1. The molecule has 39 heavy (non-hydrogen) atoms. The van der Waals surface area contributed by atoms with Crippen LogP contribution in [0.4, 0.5) is 10.3 Å². The van der Waals surface area contributed by atoms with Crippen LogP contribution < -0.4 is 5.32 Å². The van der Waals surface area contributed by atoms with Gasteiger partial charge in [-0.25, -0.2) is 4.99 Å². The normalized spacial score (nSPS) is 17.8. The lowest BCUT2D eigenvalue weighted by atomic mass is 9.82. The number of halogens is 2. The van der Waals surface area contributed by atoms with Gasteiger partial charge in [0.25, 0.3) is 0 Å². The number of aromatic nitrogens is 4. The molecule has 0 bridgehead atoms. The van der Waals surface area contributed by atoms with E-state index in [1.54, 1.807) is 17.4 Å². The second-order valence-electron chi connectivity index (χ2n) is 9.54. The molecule has 0 spiro atoms. The molecule has 0 radical (unpaired) electrons. The maximum absolute atomic E-state index is 12.5. The molecule has 0 saturated heterocycles. The van der Waals surface area contributed by atoms with E-state index in [2.05, 4.69) is 32.6 Å². The van der Waals surface area contributed by atoms with Gasteiger partial charge in [0, 0.05) is 34.0 Å². The summed E-state index contributed by atoms with van der Waals surface area (Å²) in [6.45, 7) is 2.10. The van der Waals surface area contributed by atoms with Gasteiger partial charge in [-0.2, -0.15) is 0 Å². The molecule has 1 N–H and O–H groups in total. The fraction of sp³-hybridized carbons (Fsp3) is 0.357. The highest BCUT2D eigenvalue weighted by Crippen LogP contribution is 2.43. The Morgan fingerprint density at radius 1 is 0.897 bits per heavy atom. The molecule has 1 fully saturated rings. The lowest BCUT2D eigenvalue weighted by molar-refractivity contribution is -0.115. The van der Waals surface area contributed by atoms with Crippen molar-refractivity contribution in [1.82, 2.24) is 20.4 Å². The summed E-state index contributed by atoms with van der Waals surface area (Å²) in [5.74, 6) is 0.425. The Morgan fingerprint density at radius 2 is 1.51 bits per heavy atom. The zero-order chi connectivity index (χ0) is 27.2. The van der Waals surface area contributed by atoms with Crippen molar-refractivity contribution in [3.05, 3.63) is 79.7 Å². The summed E-state index contributed by atoms with van der Waals surface area (Å²) < 4.78 is 0. The van der Waals surface area contributed by atoms with E-state index in [4.69, 9.17) is 28.2 Å². The van der Waals surface area contributed by atoms with Crippen molar-refractivity contribution in [1.29, 1.82) is 0 Å². The van der Waals surface area contributed by atoms with Crippen LogP contribution in [-0.4, -0.2) is 32.0 Å². The van der Waals surface area contributed by atoms with E-state index in [0.29, 0.717) is 27.6 Å². The van der Waals surface area contributed by atoms with Crippen molar-refractivity contribution in [2.75, 3.05) is 5.32 Å². The Balaban J connectivity index is 1.20. The molecule has 1 aliphatic carbocycles. The van der Waals surface area contributed by atoms with E-state index < -0.39 is 0 Å². The van der Waals surface area contributed by atoms with Gasteiger partial charge in [-0.3, -0.25) is 4.79 Å². The minimum atomic E-state index is -0.157. The molecule has 2 unspecified atom stereocenters. The Kier molecular flexibility index (Phi) is 9.34. The fourth-order valence-electron chi connectivity index (χ4n) is 4.74. The first kappa shape index (κ1) is 27.8. The number of benzene rings is 2. The van der Waals surface area contributed by atoms with Gasteiger partial charge in [0.15, 0.2) is 0 Å². The number of nitrogens with one attached hydrogen (secondary N) is 1. The smallest absolute Gasteiger partial charge is 0.231 e. The van der Waals surface area contributed by atoms with Crippen molar-refractivity contribution < 1.29 is 4.79 Å². The Hall–Kier alpha value is -2.72. The monoisotopic (exact) mass is 598 g/mol. The molecule has 0 aliphatic heterocycles. The van der Waals surface area contributed by atoms with Crippen molar-refractivity contribution in [2.24, 2.45) is 4.99 Å². The van der Waals surface area contributed by atoms with Gasteiger partial charge in [-0.15, -0.1) is 20.4 Å². The SMILES string of the molecule is CCC(Cc1ccccc1Cl)=Nc1nnc(C2CCCC(c3nnc(NC(=O)Cc4ccccc4Cl)s3)C2)s1. The Bertz CT molecular complexity index is 1470. The van der Waals surface area contributed by atoms with Gasteiger partial charge in [0.2, 0.25) is 16.2 Å². The van der Waals surface area contributed by atoms with Crippen LogP contribution in [0.25, 0.3) is 0 Å². The second-order valence-corrected chi connectivity index (χ2v) is 12.4. The minimum absolute atomic E-state index is 0.157. The molecule has 1 amide bonds. The lowest BCUT2D eigenvalue weighted by Gasteiger charge is -2.25. The van der Waals surface area contributed by atoms with Crippen LogP contribution in [0.3, 0.4) is 0 Å². The average molecular weight is 600 g/mol. The quantitative estimate of drug-likeness (QED) is 0.197. The van der Waals surface area contributed by atoms with Crippen molar-refractivity contribution in [3.8, 4) is 0 Å². The van der Waals surface area contributed by atoms with Crippen LogP contribution >= 0.6 is 45.9 Å². The van der Waals surface area contributed by atoms with Crippen LogP contribution in [0.1, 0.15) is 72.0 Å².